The number of hydrogen-bond donors (Lipinski definition) is 7. The number of nitrogens with one attached hydrogen (secondary N) is 5. The number of hydrogen-bond acceptors (Lipinski definition) is 10. The van der Waals surface area contributed by atoms with Crippen molar-refractivity contribution >= 4 is 60.9 Å². The standard InChI is InChI=1S/C53H81N9O9/c1-7-8-9-10-11-12-13-14-15-16-17-18-22-27-47(64)71-41-30-28-40(29-31-41)34-43(55-5)49(66)59-38(4)48(65)58-36-46(63)60-45(35-39-24-20-19-21-25-39)51(68)62-44(33-37(2)3)50(67)61-42(52(69)70)26-23-32-57-53(54)56-6/h19-21,24-25,28-31,37-38,42-45H,5-18,22-23,26-27,32-36H2,1-4H3,(H2,54,57)(H,58,65)(H,59,66)(H,60,63)(H,61,67)(H,62,68)(H,69,70). The zero-order valence-electron chi connectivity index (χ0n) is 42.6. The maximum absolute atomic E-state index is 13.8. The fourth-order valence-corrected chi connectivity index (χ4v) is 7.67. The Balaban J connectivity index is 1.89. The van der Waals surface area contributed by atoms with Crippen LogP contribution in [0, 0.1) is 5.92 Å². The minimum absolute atomic E-state index is 0.0266. The van der Waals surface area contributed by atoms with Gasteiger partial charge in [-0.1, -0.05) is 140 Å². The predicted molar refractivity (Wildman–Crippen MR) is 278 cm³/mol. The van der Waals surface area contributed by atoms with E-state index in [0.717, 1.165) is 24.8 Å². The second-order valence-corrected chi connectivity index (χ2v) is 18.4. The predicted octanol–water partition coefficient (Wildman–Crippen LogP) is 5.93. The van der Waals surface area contributed by atoms with Crippen LogP contribution in [0.15, 0.2) is 69.6 Å². The van der Waals surface area contributed by atoms with Gasteiger partial charge in [0.05, 0.1) is 6.54 Å². The van der Waals surface area contributed by atoms with Gasteiger partial charge in [-0.25, -0.2) is 9.79 Å². The third-order valence-electron chi connectivity index (χ3n) is 11.7. The summed E-state index contributed by atoms with van der Waals surface area (Å²) in [7, 11) is 0. The smallest absolute Gasteiger partial charge is 0.326 e. The van der Waals surface area contributed by atoms with E-state index in [4.69, 9.17) is 10.5 Å². The molecule has 2 aromatic rings. The van der Waals surface area contributed by atoms with Crippen LogP contribution >= 0.6 is 0 Å². The SMILES string of the molecule is C=NC(N)=NCCCC(NC(=O)C(CC(C)C)NC(=O)C(Cc1ccccc1)NC(=O)CNC(=O)C(C)NC(=O)C(Cc1ccc(OC(=O)CCCCCCCCCCCCCCC)cc1)N=C)C(=O)O. The van der Waals surface area contributed by atoms with Crippen LogP contribution in [-0.4, -0.2) is 109 Å². The second-order valence-electron chi connectivity index (χ2n) is 18.4. The van der Waals surface area contributed by atoms with E-state index < -0.39 is 72.3 Å². The van der Waals surface area contributed by atoms with Gasteiger partial charge in [-0.2, -0.15) is 0 Å². The molecule has 0 heterocycles. The summed E-state index contributed by atoms with van der Waals surface area (Å²) in [6, 6.07) is 9.95. The molecule has 5 atom stereocenters. The molecule has 0 saturated heterocycles. The number of rotatable bonds is 37. The Bertz CT molecular complexity index is 2000. The molecule has 71 heavy (non-hydrogen) atoms. The Labute approximate surface area is 420 Å². The quantitative estimate of drug-likeness (QED) is 0.0138. The van der Waals surface area contributed by atoms with Gasteiger partial charge in [0.25, 0.3) is 0 Å². The molecule has 0 radical (unpaired) electrons. The van der Waals surface area contributed by atoms with E-state index in [1.165, 1.54) is 71.1 Å². The highest BCUT2D eigenvalue weighted by Crippen LogP contribution is 2.17. The fraction of sp³-hybridized carbons (Fsp3) is 0.585. The van der Waals surface area contributed by atoms with Crippen molar-refractivity contribution in [1.82, 2.24) is 26.6 Å². The number of carboxylic acids is 1. The van der Waals surface area contributed by atoms with Crippen molar-refractivity contribution in [2.45, 2.75) is 180 Å². The molecule has 18 nitrogen and oxygen atoms in total. The lowest BCUT2D eigenvalue weighted by Gasteiger charge is -2.26. The van der Waals surface area contributed by atoms with E-state index in [0.29, 0.717) is 17.7 Å². The number of esters is 1. The van der Waals surface area contributed by atoms with Gasteiger partial charge >= 0.3 is 11.9 Å². The van der Waals surface area contributed by atoms with Crippen LogP contribution in [0.1, 0.15) is 148 Å². The Morgan fingerprint density at radius 3 is 1.77 bits per heavy atom. The number of carboxylic acid groups (broad SMARTS) is 1. The summed E-state index contributed by atoms with van der Waals surface area (Å²) < 4.78 is 5.52. The van der Waals surface area contributed by atoms with Crippen LogP contribution in [0.5, 0.6) is 5.75 Å². The summed E-state index contributed by atoms with van der Waals surface area (Å²) in [5.74, 6) is -4.71. The van der Waals surface area contributed by atoms with E-state index in [1.807, 2.05) is 13.8 Å². The number of aliphatic carboxylic acids is 1. The van der Waals surface area contributed by atoms with E-state index in [2.05, 4.69) is 61.9 Å². The molecule has 0 fully saturated rings. The monoisotopic (exact) mass is 988 g/mol. The maximum atomic E-state index is 13.8. The lowest BCUT2D eigenvalue weighted by Crippen LogP contribution is -2.57. The van der Waals surface area contributed by atoms with Gasteiger partial charge in [0, 0.05) is 25.8 Å². The van der Waals surface area contributed by atoms with Crippen molar-refractivity contribution in [2.75, 3.05) is 13.1 Å². The number of unbranched alkanes of at least 4 members (excludes halogenated alkanes) is 12. The summed E-state index contributed by atoms with van der Waals surface area (Å²) in [5.41, 5.74) is 6.94. The van der Waals surface area contributed by atoms with Crippen LogP contribution < -0.4 is 37.1 Å². The third-order valence-corrected chi connectivity index (χ3v) is 11.7. The molecule has 392 valence electrons. The van der Waals surface area contributed by atoms with E-state index in [9.17, 15) is 38.7 Å². The summed E-state index contributed by atoms with van der Waals surface area (Å²) >= 11 is 0. The van der Waals surface area contributed by atoms with Crippen LogP contribution in [0.25, 0.3) is 0 Å². The Kier molecular flexibility index (Phi) is 30.4. The number of nitrogens with two attached hydrogens (primary N) is 1. The first-order valence-corrected chi connectivity index (χ1v) is 25.3. The summed E-state index contributed by atoms with van der Waals surface area (Å²) in [4.78, 5) is 103. The molecule has 0 aliphatic carbocycles. The van der Waals surface area contributed by atoms with Gasteiger partial charge in [0.1, 0.15) is 36.0 Å². The topological polar surface area (TPSA) is 272 Å². The summed E-state index contributed by atoms with van der Waals surface area (Å²) in [5, 5.41) is 22.7. The molecule has 0 aromatic heterocycles. The minimum atomic E-state index is -1.28. The van der Waals surface area contributed by atoms with Gasteiger partial charge in [0.2, 0.25) is 35.5 Å². The van der Waals surface area contributed by atoms with Gasteiger partial charge in [-0.3, -0.25) is 38.8 Å². The molecule has 8 N–H and O–H groups in total. The lowest BCUT2D eigenvalue weighted by atomic mass is 10.0. The molecule has 18 heteroatoms. The summed E-state index contributed by atoms with van der Waals surface area (Å²) in [6.07, 6.45) is 16.9. The number of guanidine groups is 1. The molecule has 0 aliphatic heterocycles. The van der Waals surface area contributed by atoms with Crippen molar-refractivity contribution < 1.29 is 43.4 Å². The zero-order chi connectivity index (χ0) is 52.4. The van der Waals surface area contributed by atoms with Crippen LogP contribution in [0.2, 0.25) is 0 Å². The van der Waals surface area contributed by atoms with Crippen LogP contribution in [-0.2, 0) is 46.4 Å². The molecular formula is C53H81N9O9. The van der Waals surface area contributed by atoms with Crippen LogP contribution in [0.3, 0.4) is 0 Å². The highest BCUT2D eigenvalue weighted by Gasteiger charge is 2.31. The van der Waals surface area contributed by atoms with E-state index >= 15 is 0 Å². The first-order chi connectivity index (χ1) is 34.1. The number of carbonyl (C=O) groups is 7. The Hall–Kier alpha value is -6.46. The summed E-state index contributed by atoms with van der Waals surface area (Å²) in [6.45, 7) is 13.8. The maximum Gasteiger partial charge on any atom is 0.326 e. The average Bonchev–Trinajstić information content (AvgIpc) is 3.34. The number of nitrogens with zero attached hydrogens (tertiary/aromatic N) is 3. The highest BCUT2D eigenvalue weighted by atomic mass is 16.5. The number of ether oxygens (including phenoxy) is 1. The molecule has 0 spiro atoms. The number of carbonyl (C=O) groups excluding carboxylic acids is 6. The van der Waals surface area contributed by atoms with Crippen molar-refractivity contribution in [1.29, 1.82) is 0 Å². The zero-order valence-corrected chi connectivity index (χ0v) is 42.6. The fourth-order valence-electron chi connectivity index (χ4n) is 7.67. The molecule has 0 saturated carbocycles. The van der Waals surface area contributed by atoms with Crippen LogP contribution in [0.4, 0.5) is 0 Å². The van der Waals surface area contributed by atoms with Crippen molar-refractivity contribution in [3.05, 3.63) is 65.7 Å². The molecular weight excluding hydrogens is 907 g/mol. The number of benzene rings is 2. The van der Waals surface area contributed by atoms with Crippen molar-refractivity contribution in [2.24, 2.45) is 26.6 Å². The first-order valence-electron chi connectivity index (χ1n) is 25.3. The van der Waals surface area contributed by atoms with Gasteiger partial charge < -0.3 is 42.2 Å². The normalized spacial score (nSPS) is 13.4. The molecule has 5 amide bonds. The van der Waals surface area contributed by atoms with Gasteiger partial charge in [-0.05, 0) is 75.2 Å². The number of amides is 5. The molecule has 2 aromatic carbocycles. The highest BCUT2D eigenvalue weighted by molar-refractivity contribution is 5.95. The average molecular weight is 988 g/mol. The first kappa shape index (κ1) is 60.7. The van der Waals surface area contributed by atoms with Crippen molar-refractivity contribution in [3.8, 4) is 5.75 Å². The second kappa shape index (κ2) is 35.6. The number of aliphatic imine (C=N–C) groups is 3. The molecule has 0 aliphatic rings. The van der Waals surface area contributed by atoms with Crippen molar-refractivity contribution in [3.63, 3.8) is 0 Å². The largest absolute Gasteiger partial charge is 0.480 e. The van der Waals surface area contributed by atoms with Gasteiger partial charge in [-0.15, -0.1) is 0 Å². The lowest BCUT2D eigenvalue weighted by molar-refractivity contribution is -0.142. The minimum Gasteiger partial charge on any atom is -0.480 e. The van der Waals surface area contributed by atoms with E-state index in [1.54, 1.807) is 54.6 Å². The third kappa shape index (κ3) is 26.9. The van der Waals surface area contributed by atoms with E-state index in [-0.39, 0.29) is 56.5 Å². The molecule has 0 bridgehead atoms. The van der Waals surface area contributed by atoms with Gasteiger partial charge in [0.15, 0.2) is 0 Å². The molecule has 2 rings (SSSR count). The Morgan fingerprint density at radius 1 is 0.648 bits per heavy atom. The Morgan fingerprint density at radius 2 is 1.21 bits per heavy atom. The molecule has 5 unspecified atom stereocenters.